The minimum absolute atomic E-state index is 0.120. The van der Waals surface area contributed by atoms with E-state index < -0.39 is 5.92 Å². The summed E-state index contributed by atoms with van der Waals surface area (Å²) in [6.07, 6.45) is 2.23. The second-order valence-corrected chi connectivity index (χ2v) is 6.11. The highest BCUT2D eigenvalue weighted by Crippen LogP contribution is 2.30. The molecule has 1 aromatic carbocycles. The standard InChI is InChI=1S/C19H21N3O2/c1-13-6-5-7-14(2)17(13)22-11-9-16(19(22)24)18(23)21-12-15-8-3-4-10-20-15/h3-8,10,16H,9,11-12H2,1-2H3,(H,21,23). The third kappa shape index (κ3) is 3.15. The van der Waals surface area contributed by atoms with Crippen LogP contribution in [0.3, 0.4) is 0 Å². The molecule has 1 aromatic heterocycles. The van der Waals surface area contributed by atoms with E-state index in [1.54, 1.807) is 11.1 Å². The quantitative estimate of drug-likeness (QED) is 0.879. The Hall–Kier alpha value is -2.69. The molecule has 2 aromatic rings. The lowest BCUT2D eigenvalue weighted by Crippen LogP contribution is -2.37. The first-order valence-electron chi connectivity index (χ1n) is 8.13. The van der Waals surface area contributed by atoms with E-state index in [0.717, 1.165) is 22.5 Å². The first kappa shape index (κ1) is 16.2. The zero-order chi connectivity index (χ0) is 17.1. The van der Waals surface area contributed by atoms with Crippen LogP contribution < -0.4 is 10.2 Å². The van der Waals surface area contributed by atoms with Gasteiger partial charge >= 0.3 is 0 Å². The molecule has 0 aliphatic carbocycles. The average Bonchev–Trinajstić information content (AvgIpc) is 2.95. The van der Waals surface area contributed by atoms with Gasteiger partial charge in [-0.15, -0.1) is 0 Å². The third-order valence-electron chi connectivity index (χ3n) is 4.40. The lowest BCUT2D eigenvalue weighted by Gasteiger charge is -2.21. The topological polar surface area (TPSA) is 62.3 Å². The summed E-state index contributed by atoms with van der Waals surface area (Å²) in [5.74, 6) is -0.960. The van der Waals surface area contributed by atoms with Crippen molar-refractivity contribution in [2.45, 2.75) is 26.8 Å². The van der Waals surface area contributed by atoms with Crippen molar-refractivity contribution in [3.63, 3.8) is 0 Å². The Balaban J connectivity index is 1.69. The first-order chi connectivity index (χ1) is 11.6. The zero-order valence-corrected chi connectivity index (χ0v) is 14.0. The van der Waals surface area contributed by atoms with Crippen molar-refractivity contribution in [3.05, 3.63) is 59.4 Å². The van der Waals surface area contributed by atoms with E-state index in [1.165, 1.54) is 0 Å². The van der Waals surface area contributed by atoms with Gasteiger partial charge in [0, 0.05) is 18.4 Å². The predicted molar refractivity (Wildman–Crippen MR) is 92.5 cm³/mol. The van der Waals surface area contributed by atoms with Crippen LogP contribution in [0.1, 0.15) is 23.2 Å². The number of hydrogen-bond acceptors (Lipinski definition) is 3. The summed E-state index contributed by atoms with van der Waals surface area (Å²) >= 11 is 0. The Morgan fingerprint density at radius 3 is 2.62 bits per heavy atom. The van der Waals surface area contributed by atoms with Crippen LogP contribution in [0.15, 0.2) is 42.6 Å². The monoisotopic (exact) mass is 323 g/mol. The van der Waals surface area contributed by atoms with E-state index in [2.05, 4.69) is 10.3 Å². The van der Waals surface area contributed by atoms with E-state index in [1.807, 2.05) is 50.2 Å². The fourth-order valence-corrected chi connectivity index (χ4v) is 3.18. The number of hydrogen-bond donors (Lipinski definition) is 1. The highest BCUT2D eigenvalue weighted by molar-refractivity contribution is 6.10. The van der Waals surface area contributed by atoms with Gasteiger partial charge in [0.1, 0.15) is 5.92 Å². The van der Waals surface area contributed by atoms with Crippen LogP contribution >= 0.6 is 0 Å². The average molecular weight is 323 g/mol. The number of benzene rings is 1. The molecular weight excluding hydrogens is 302 g/mol. The van der Waals surface area contributed by atoms with E-state index in [0.29, 0.717) is 19.5 Å². The normalized spacial score (nSPS) is 17.2. The number of para-hydroxylation sites is 1. The fourth-order valence-electron chi connectivity index (χ4n) is 3.18. The number of pyridine rings is 1. The summed E-state index contributed by atoms with van der Waals surface area (Å²) in [5, 5.41) is 2.82. The van der Waals surface area contributed by atoms with Crippen LogP contribution in [-0.4, -0.2) is 23.3 Å². The highest BCUT2D eigenvalue weighted by Gasteiger charge is 2.38. The van der Waals surface area contributed by atoms with E-state index in [-0.39, 0.29) is 11.8 Å². The molecule has 0 bridgehead atoms. The van der Waals surface area contributed by atoms with Crippen molar-refractivity contribution in [1.82, 2.24) is 10.3 Å². The molecule has 1 fully saturated rings. The maximum absolute atomic E-state index is 12.7. The summed E-state index contributed by atoms with van der Waals surface area (Å²) in [4.78, 5) is 31.0. The van der Waals surface area contributed by atoms with Crippen molar-refractivity contribution in [2.24, 2.45) is 5.92 Å². The van der Waals surface area contributed by atoms with E-state index in [9.17, 15) is 9.59 Å². The summed E-state index contributed by atoms with van der Waals surface area (Å²) in [7, 11) is 0. The van der Waals surface area contributed by atoms with Gasteiger partial charge in [-0.2, -0.15) is 0 Å². The Morgan fingerprint density at radius 2 is 1.96 bits per heavy atom. The van der Waals surface area contributed by atoms with Gasteiger partial charge in [-0.3, -0.25) is 14.6 Å². The van der Waals surface area contributed by atoms with Crippen LogP contribution in [0.25, 0.3) is 0 Å². The Kier molecular flexibility index (Phi) is 4.60. The number of nitrogens with zero attached hydrogens (tertiary/aromatic N) is 2. The molecule has 1 unspecified atom stereocenters. The predicted octanol–water partition coefficient (Wildman–Crippen LogP) is 2.37. The van der Waals surface area contributed by atoms with Crippen molar-refractivity contribution in [2.75, 3.05) is 11.4 Å². The largest absolute Gasteiger partial charge is 0.350 e. The zero-order valence-electron chi connectivity index (χ0n) is 14.0. The molecule has 1 atom stereocenters. The lowest BCUT2D eigenvalue weighted by molar-refractivity contribution is -0.132. The molecule has 0 saturated carbocycles. The van der Waals surface area contributed by atoms with Gasteiger partial charge in [0.2, 0.25) is 11.8 Å². The maximum Gasteiger partial charge on any atom is 0.239 e. The Morgan fingerprint density at radius 1 is 1.21 bits per heavy atom. The van der Waals surface area contributed by atoms with Gasteiger partial charge in [0.25, 0.3) is 0 Å². The second-order valence-electron chi connectivity index (χ2n) is 6.11. The van der Waals surface area contributed by atoms with E-state index in [4.69, 9.17) is 0 Å². The summed E-state index contributed by atoms with van der Waals surface area (Å²) in [6, 6.07) is 11.5. The smallest absolute Gasteiger partial charge is 0.239 e. The number of carbonyl (C=O) groups is 2. The van der Waals surface area contributed by atoms with Crippen LogP contribution in [-0.2, 0) is 16.1 Å². The molecular formula is C19H21N3O2. The number of carbonyl (C=O) groups excluding carboxylic acids is 2. The van der Waals surface area contributed by atoms with Gasteiger partial charge < -0.3 is 10.2 Å². The van der Waals surface area contributed by atoms with Gasteiger partial charge in [0.05, 0.1) is 12.2 Å². The van der Waals surface area contributed by atoms with Crippen LogP contribution in [0.5, 0.6) is 0 Å². The summed E-state index contributed by atoms with van der Waals surface area (Å²) in [6.45, 7) is 4.90. The number of aryl methyl sites for hydroxylation is 2. The van der Waals surface area contributed by atoms with Gasteiger partial charge in [-0.25, -0.2) is 0 Å². The molecule has 1 saturated heterocycles. The molecule has 124 valence electrons. The second kappa shape index (κ2) is 6.83. The summed E-state index contributed by atoms with van der Waals surface area (Å²) in [5.41, 5.74) is 3.82. The Bertz CT molecular complexity index is 738. The highest BCUT2D eigenvalue weighted by atomic mass is 16.2. The minimum atomic E-state index is -0.618. The van der Waals surface area contributed by atoms with Crippen molar-refractivity contribution in [3.8, 4) is 0 Å². The van der Waals surface area contributed by atoms with E-state index >= 15 is 0 Å². The SMILES string of the molecule is Cc1cccc(C)c1N1CCC(C(=O)NCc2ccccn2)C1=O. The molecule has 3 rings (SSSR count). The molecule has 1 aliphatic rings. The third-order valence-corrected chi connectivity index (χ3v) is 4.40. The number of amides is 2. The summed E-state index contributed by atoms with van der Waals surface area (Å²) < 4.78 is 0. The molecule has 1 N–H and O–H groups in total. The molecule has 0 spiro atoms. The number of aromatic nitrogens is 1. The van der Waals surface area contributed by atoms with Crippen molar-refractivity contribution >= 4 is 17.5 Å². The van der Waals surface area contributed by atoms with Gasteiger partial charge in [-0.05, 0) is 43.5 Å². The number of anilines is 1. The number of rotatable bonds is 4. The van der Waals surface area contributed by atoms with Crippen molar-refractivity contribution in [1.29, 1.82) is 0 Å². The molecule has 1 aliphatic heterocycles. The van der Waals surface area contributed by atoms with Gasteiger partial charge in [-0.1, -0.05) is 24.3 Å². The Labute approximate surface area is 141 Å². The molecule has 5 heteroatoms. The van der Waals surface area contributed by atoms with Crippen LogP contribution in [0, 0.1) is 19.8 Å². The van der Waals surface area contributed by atoms with Gasteiger partial charge in [0.15, 0.2) is 0 Å². The van der Waals surface area contributed by atoms with Crippen LogP contribution in [0.2, 0.25) is 0 Å². The maximum atomic E-state index is 12.7. The minimum Gasteiger partial charge on any atom is -0.350 e. The molecule has 0 radical (unpaired) electrons. The molecule has 24 heavy (non-hydrogen) atoms. The first-order valence-corrected chi connectivity index (χ1v) is 8.13. The van der Waals surface area contributed by atoms with Crippen LogP contribution in [0.4, 0.5) is 5.69 Å². The number of nitrogens with one attached hydrogen (secondary N) is 1. The lowest BCUT2D eigenvalue weighted by atomic mass is 10.1. The molecule has 2 heterocycles. The molecule has 5 nitrogen and oxygen atoms in total. The molecule has 2 amide bonds. The fraction of sp³-hybridized carbons (Fsp3) is 0.316. The van der Waals surface area contributed by atoms with Crippen molar-refractivity contribution < 1.29 is 9.59 Å².